The Morgan fingerprint density at radius 3 is 1.96 bits per heavy atom. The highest BCUT2D eigenvalue weighted by molar-refractivity contribution is 7.99. The van der Waals surface area contributed by atoms with E-state index in [-0.39, 0.29) is 5.96 Å². The van der Waals surface area contributed by atoms with Crippen LogP contribution in [0.25, 0.3) is 0 Å². The molecule has 0 rings (SSSR count). The van der Waals surface area contributed by atoms with Crippen LogP contribution in [0.4, 0.5) is 4.79 Å². The summed E-state index contributed by atoms with van der Waals surface area (Å²) in [4.78, 5) is 14.5. The van der Waals surface area contributed by atoms with Crippen molar-refractivity contribution in [2.75, 3.05) is 18.1 Å². The number of rotatable bonds is 15. The van der Waals surface area contributed by atoms with Crippen LogP contribution in [0.3, 0.4) is 0 Å². The van der Waals surface area contributed by atoms with E-state index in [1.807, 2.05) is 11.8 Å². The number of amides is 2. The Balaban J connectivity index is 3.11. The van der Waals surface area contributed by atoms with Crippen molar-refractivity contribution >= 4 is 23.8 Å². The maximum Gasteiger partial charge on any atom is 0.344 e. The minimum atomic E-state index is -0.454. The number of carbonyl (C=O) groups is 1. The Kier molecular flexibility index (Phi) is 16.8. The lowest BCUT2D eigenvalue weighted by Crippen LogP contribution is -2.29. The number of nitrogens with zero attached hydrogens (tertiary/aromatic N) is 1. The SMILES string of the molecule is CCCCCCCCCCCCSCCCNC(=O)N=C(N)N. The topological polar surface area (TPSA) is 93.5 Å². The van der Waals surface area contributed by atoms with Gasteiger partial charge in [-0.2, -0.15) is 16.8 Å². The van der Waals surface area contributed by atoms with Crippen molar-refractivity contribution in [2.24, 2.45) is 16.5 Å². The molecule has 0 aliphatic rings. The van der Waals surface area contributed by atoms with Gasteiger partial charge in [0.05, 0.1) is 0 Å². The average molecular weight is 345 g/mol. The van der Waals surface area contributed by atoms with Gasteiger partial charge < -0.3 is 16.8 Å². The highest BCUT2D eigenvalue weighted by Gasteiger charge is 1.97. The summed E-state index contributed by atoms with van der Waals surface area (Å²) in [6.45, 7) is 2.89. The lowest BCUT2D eigenvalue weighted by atomic mass is 10.1. The number of nitrogens with one attached hydrogen (secondary N) is 1. The molecule has 0 spiro atoms. The van der Waals surface area contributed by atoms with Gasteiger partial charge in [0, 0.05) is 6.54 Å². The van der Waals surface area contributed by atoms with Crippen LogP contribution in [-0.2, 0) is 0 Å². The molecule has 0 aromatic heterocycles. The third-order valence-corrected chi connectivity index (χ3v) is 4.77. The molecule has 0 aliphatic heterocycles. The standard InChI is InChI=1S/C17H36N4OS/c1-2-3-4-5-6-7-8-9-10-11-14-23-15-12-13-20-17(22)21-16(18)19/h2-15H2,1H3,(H5,18,19,20,21,22). The molecule has 5 nitrogen and oxygen atoms in total. The summed E-state index contributed by atoms with van der Waals surface area (Å²) >= 11 is 1.96. The molecule has 23 heavy (non-hydrogen) atoms. The second-order valence-corrected chi connectivity index (χ2v) is 7.14. The van der Waals surface area contributed by atoms with Gasteiger partial charge in [-0.1, -0.05) is 64.7 Å². The lowest BCUT2D eigenvalue weighted by Gasteiger charge is -2.04. The number of thioether (sulfide) groups is 1. The molecule has 2 amide bonds. The Bertz CT molecular complexity index is 307. The van der Waals surface area contributed by atoms with Gasteiger partial charge in [-0.05, 0) is 24.3 Å². The van der Waals surface area contributed by atoms with Crippen LogP contribution in [0.1, 0.15) is 77.6 Å². The molecule has 0 unspecified atom stereocenters. The van der Waals surface area contributed by atoms with Gasteiger partial charge in [-0.15, -0.1) is 0 Å². The first-order chi connectivity index (χ1) is 11.2. The number of aliphatic imine (C=N–C) groups is 1. The van der Waals surface area contributed by atoms with E-state index in [1.54, 1.807) is 0 Å². The number of guanidine groups is 1. The third-order valence-electron chi connectivity index (χ3n) is 3.61. The number of nitrogens with two attached hydrogens (primary N) is 2. The van der Waals surface area contributed by atoms with Crippen molar-refractivity contribution in [3.05, 3.63) is 0 Å². The summed E-state index contributed by atoms with van der Waals surface area (Å²) in [5.41, 5.74) is 10.2. The molecule has 0 aromatic rings. The Labute approximate surface area is 146 Å². The van der Waals surface area contributed by atoms with Gasteiger partial charge in [0.15, 0.2) is 5.96 Å². The normalized spacial score (nSPS) is 10.5. The van der Waals surface area contributed by atoms with Gasteiger partial charge >= 0.3 is 6.03 Å². The fourth-order valence-corrected chi connectivity index (χ4v) is 3.28. The van der Waals surface area contributed by atoms with E-state index in [0.717, 1.165) is 12.2 Å². The molecule has 0 atom stereocenters. The molecule has 0 saturated heterocycles. The van der Waals surface area contributed by atoms with Crippen molar-refractivity contribution < 1.29 is 4.79 Å². The zero-order valence-corrected chi connectivity index (χ0v) is 15.6. The molecule has 0 bridgehead atoms. The second-order valence-electron chi connectivity index (χ2n) is 5.92. The van der Waals surface area contributed by atoms with Gasteiger partial charge in [0.25, 0.3) is 0 Å². The summed E-state index contributed by atoms with van der Waals surface area (Å²) in [6, 6.07) is -0.454. The van der Waals surface area contributed by atoms with Crippen LogP contribution >= 0.6 is 11.8 Å². The molecule has 0 heterocycles. The van der Waals surface area contributed by atoms with Gasteiger partial charge in [-0.25, -0.2) is 4.79 Å². The largest absolute Gasteiger partial charge is 0.370 e. The molecule has 0 radical (unpaired) electrons. The van der Waals surface area contributed by atoms with Gasteiger partial charge in [0.1, 0.15) is 0 Å². The van der Waals surface area contributed by atoms with Crippen LogP contribution in [0, 0.1) is 0 Å². The molecule has 0 saturated carbocycles. The Hall–Kier alpha value is -0.910. The molecule has 5 N–H and O–H groups in total. The first-order valence-corrected chi connectivity index (χ1v) is 10.3. The number of unbranched alkanes of at least 4 members (excludes halogenated alkanes) is 9. The predicted octanol–water partition coefficient (Wildman–Crippen LogP) is 4.01. The van der Waals surface area contributed by atoms with E-state index >= 15 is 0 Å². The van der Waals surface area contributed by atoms with Crippen molar-refractivity contribution in [1.82, 2.24) is 5.32 Å². The van der Waals surface area contributed by atoms with Gasteiger partial charge in [-0.3, -0.25) is 0 Å². The van der Waals surface area contributed by atoms with E-state index in [1.165, 1.54) is 70.0 Å². The molecule has 0 aliphatic carbocycles. The van der Waals surface area contributed by atoms with Crippen LogP contribution in [0.15, 0.2) is 4.99 Å². The number of urea groups is 1. The van der Waals surface area contributed by atoms with E-state index in [4.69, 9.17) is 11.5 Å². The van der Waals surface area contributed by atoms with Crippen LogP contribution in [-0.4, -0.2) is 30.0 Å². The van der Waals surface area contributed by atoms with Crippen molar-refractivity contribution in [3.63, 3.8) is 0 Å². The monoisotopic (exact) mass is 344 g/mol. The molecule has 0 fully saturated rings. The van der Waals surface area contributed by atoms with Crippen LogP contribution in [0.2, 0.25) is 0 Å². The van der Waals surface area contributed by atoms with Crippen molar-refractivity contribution in [1.29, 1.82) is 0 Å². The van der Waals surface area contributed by atoms with Crippen molar-refractivity contribution in [2.45, 2.75) is 77.6 Å². The Morgan fingerprint density at radius 2 is 1.39 bits per heavy atom. The maximum atomic E-state index is 11.1. The maximum absolute atomic E-state index is 11.1. The Morgan fingerprint density at radius 1 is 0.870 bits per heavy atom. The molecule has 136 valence electrons. The predicted molar refractivity (Wildman–Crippen MR) is 103 cm³/mol. The third kappa shape index (κ3) is 19.0. The minimum Gasteiger partial charge on any atom is -0.370 e. The lowest BCUT2D eigenvalue weighted by molar-refractivity contribution is 0.249. The number of hydrogen-bond acceptors (Lipinski definition) is 2. The fourth-order valence-electron chi connectivity index (χ4n) is 2.32. The summed E-state index contributed by atoms with van der Waals surface area (Å²) in [6.07, 6.45) is 14.8. The second kappa shape index (κ2) is 17.4. The van der Waals surface area contributed by atoms with E-state index in [2.05, 4.69) is 17.2 Å². The van der Waals surface area contributed by atoms with E-state index in [9.17, 15) is 4.79 Å². The van der Waals surface area contributed by atoms with E-state index < -0.39 is 6.03 Å². The minimum absolute atomic E-state index is 0.196. The molecular formula is C17H36N4OS. The van der Waals surface area contributed by atoms with Crippen LogP contribution < -0.4 is 16.8 Å². The highest BCUT2D eigenvalue weighted by atomic mass is 32.2. The summed E-state index contributed by atoms with van der Waals surface area (Å²) < 4.78 is 0. The van der Waals surface area contributed by atoms with Crippen LogP contribution in [0.5, 0.6) is 0 Å². The molecule has 0 aromatic carbocycles. The van der Waals surface area contributed by atoms with E-state index in [0.29, 0.717) is 6.54 Å². The molecule has 6 heteroatoms. The smallest absolute Gasteiger partial charge is 0.344 e. The summed E-state index contributed by atoms with van der Waals surface area (Å²) in [7, 11) is 0. The summed E-state index contributed by atoms with van der Waals surface area (Å²) in [5, 5.41) is 2.66. The first kappa shape index (κ1) is 22.1. The zero-order chi connectivity index (χ0) is 17.2. The van der Waals surface area contributed by atoms with Crippen molar-refractivity contribution in [3.8, 4) is 0 Å². The first-order valence-electron chi connectivity index (χ1n) is 9.12. The average Bonchev–Trinajstić information content (AvgIpc) is 2.50. The zero-order valence-electron chi connectivity index (χ0n) is 14.8. The summed E-state index contributed by atoms with van der Waals surface area (Å²) in [5.74, 6) is 2.09. The quantitative estimate of drug-likeness (QED) is 0.238. The fraction of sp³-hybridized carbons (Fsp3) is 0.882. The number of hydrogen-bond donors (Lipinski definition) is 3. The van der Waals surface area contributed by atoms with Gasteiger partial charge in [0.2, 0.25) is 0 Å². The molecular weight excluding hydrogens is 308 g/mol. The number of carbonyl (C=O) groups excluding carboxylic acids is 1. The highest BCUT2D eigenvalue weighted by Crippen LogP contribution is 2.12.